The molecule has 2 aromatic rings. The third-order valence-corrected chi connectivity index (χ3v) is 7.02. The molecule has 29 heavy (non-hydrogen) atoms. The molecular formula is C20H20N4O4S. The Bertz CT molecular complexity index is 1050. The Labute approximate surface area is 169 Å². The van der Waals surface area contributed by atoms with E-state index in [1.165, 1.54) is 16.4 Å². The van der Waals surface area contributed by atoms with E-state index in [9.17, 15) is 13.2 Å². The number of sulfonamides is 1. The van der Waals surface area contributed by atoms with Gasteiger partial charge in [-0.25, -0.2) is 13.4 Å². The maximum Gasteiger partial charge on any atom is 0.254 e. The number of carbonyl (C=O) groups is 1. The number of likely N-dealkylation sites (tertiary alicyclic amines) is 1. The summed E-state index contributed by atoms with van der Waals surface area (Å²) in [5, 5.41) is 9.08. The number of ether oxygens (including phenoxy) is 1. The molecule has 0 aliphatic carbocycles. The van der Waals surface area contributed by atoms with Gasteiger partial charge in [-0.1, -0.05) is 0 Å². The smallest absolute Gasteiger partial charge is 0.254 e. The number of aromatic nitrogens is 1. The molecule has 0 radical (unpaired) electrons. The summed E-state index contributed by atoms with van der Waals surface area (Å²) in [6.07, 6.45) is 3.08. The summed E-state index contributed by atoms with van der Waals surface area (Å²) < 4.78 is 32.3. The predicted molar refractivity (Wildman–Crippen MR) is 104 cm³/mol. The van der Waals surface area contributed by atoms with Crippen molar-refractivity contribution >= 4 is 15.9 Å². The summed E-state index contributed by atoms with van der Waals surface area (Å²) in [6, 6.07) is 11.4. The van der Waals surface area contributed by atoms with E-state index < -0.39 is 10.0 Å². The Morgan fingerprint density at radius 1 is 1.14 bits per heavy atom. The van der Waals surface area contributed by atoms with Crippen LogP contribution >= 0.6 is 0 Å². The third-order valence-electron chi connectivity index (χ3n) is 5.11. The van der Waals surface area contributed by atoms with Crippen molar-refractivity contribution in [3.05, 3.63) is 53.7 Å². The second kappa shape index (κ2) is 7.81. The molecule has 0 atom stereocenters. The monoisotopic (exact) mass is 412 g/mol. The fourth-order valence-corrected chi connectivity index (χ4v) is 4.95. The molecule has 0 spiro atoms. The molecule has 150 valence electrons. The summed E-state index contributed by atoms with van der Waals surface area (Å²) in [6.45, 7) is 1.85. The molecule has 1 aromatic carbocycles. The number of benzene rings is 1. The molecule has 8 nitrogen and oxygen atoms in total. The van der Waals surface area contributed by atoms with Crippen LogP contribution in [0.2, 0.25) is 0 Å². The minimum absolute atomic E-state index is 0.184. The first-order valence-corrected chi connectivity index (χ1v) is 10.8. The fourth-order valence-electron chi connectivity index (χ4n) is 3.44. The fraction of sp³-hybridized carbons (Fsp3) is 0.350. The van der Waals surface area contributed by atoms with Crippen LogP contribution in [0.1, 0.15) is 28.8 Å². The van der Waals surface area contributed by atoms with Crippen molar-refractivity contribution in [3.63, 3.8) is 0 Å². The van der Waals surface area contributed by atoms with Gasteiger partial charge in [0, 0.05) is 24.8 Å². The standard InChI is InChI=1S/C20H20N4O4S/c21-12-16-4-3-9-22-19(16)28-17-13-23(14-17)20(25)15-5-7-18(8-6-15)29(26,27)24-10-1-2-11-24/h3-9,17H,1-2,10-11,13-14H2. The first-order valence-electron chi connectivity index (χ1n) is 9.40. The van der Waals surface area contributed by atoms with Crippen molar-refractivity contribution in [2.24, 2.45) is 0 Å². The van der Waals surface area contributed by atoms with E-state index in [0.717, 1.165) is 12.8 Å². The van der Waals surface area contributed by atoms with Crippen molar-refractivity contribution < 1.29 is 17.9 Å². The average molecular weight is 412 g/mol. The first kappa shape index (κ1) is 19.4. The molecule has 2 saturated heterocycles. The van der Waals surface area contributed by atoms with Gasteiger partial charge < -0.3 is 9.64 Å². The Balaban J connectivity index is 1.37. The second-order valence-electron chi connectivity index (χ2n) is 7.05. The van der Waals surface area contributed by atoms with E-state index in [1.54, 1.807) is 35.4 Å². The van der Waals surface area contributed by atoms with Crippen LogP contribution in [0.15, 0.2) is 47.5 Å². The molecule has 2 fully saturated rings. The highest BCUT2D eigenvalue weighted by Crippen LogP contribution is 2.23. The number of pyridine rings is 1. The van der Waals surface area contributed by atoms with Crippen molar-refractivity contribution in [1.29, 1.82) is 5.26 Å². The van der Waals surface area contributed by atoms with Crippen LogP contribution in [-0.4, -0.2) is 60.8 Å². The summed E-state index contributed by atoms with van der Waals surface area (Å²) in [5.74, 6) is 0.0834. The van der Waals surface area contributed by atoms with Gasteiger partial charge in [0.15, 0.2) is 0 Å². The zero-order valence-corrected chi connectivity index (χ0v) is 16.5. The van der Waals surface area contributed by atoms with Crippen LogP contribution in [-0.2, 0) is 10.0 Å². The van der Waals surface area contributed by atoms with Crippen LogP contribution in [0.3, 0.4) is 0 Å². The van der Waals surface area contributed by atoms with Gasteiger partial charge in [-0.2, -0.15) is 9.57 Å². The Kier molecular flexibility index (Phi) is 5.22. The van der Waals surface area contributed by atoms with Crippen molar-refractivity contribution in [3.8, 4) is 11.9 Å². The van der Waals surface area contributed by atoms with Gasteiger partial charge in [-0.05, 0) is 49.2 Å². The lowest BCUT2D eigenvalue weighted by molar-refractivity contribution is 0.0159. The normalized spacial score (nSPS) is 17.6. The van der Waals surface area contributed by atoms with E-state index in [2.05, 4.69) is 4.98 Å². The molecule has 3 heterocycles. The van der Waals surface area contributed by atoms with Crippen LogP contribution in [0.5, 0.6) is 5.88 Å². The molecule has 0 saturated carbocycles. The molecule has 4 rings (SSSR count). The number of hydrogen-bond donors (Lipinski definition) is 0. The lowest BCUT2D eigenvalue weighted by Gasteiger charge is -2.38. The molecular weight excluding hydrogens is 392 g/mol. The molecule has 0 unspecified atom stereocenters. The zero-order chi connectivity index (χ0) is 20.4. The van der Waals surface area contributed by atoms with Gasteiger partial charge in [-0.3, -0.25) is 4.79 Å². The van der Waals surface area contributed by atoms with Crippen molar-refractivity contribution in [1.82, 2.24) is 14.2 Å². The largest absolute Gasteiger partial charge is 0.470 e. The van der Waals surface area contributed by atoms with Crippen LogP contribution in [0.25, 0.3) is 0 Å². The molecule has 2 aliphatic heterocycles. The predicted octanol–water partition coefficient (Wildman–Crippen LogP) is 1.64. The molecule has 1 aromatic heterocycles. The lowest BCUT2D eigenvalue weighted by atomic mass is 10.1. The van der Waals surface area contributed by atoms with Gasteiger partial charge in [-0.15, -0.1) is 0 Å². The quantitative estimate of drug-likeness (QED) is 0.740. The molecule has 9 heteroatoms. The van der Waals surface area contributed by atoms with E-state index in [-0.39, 0.29) is 22.8 Å². The summed E-state index contributed by atoms with van der Waals surface area (Å²) in [5.41, 5.74) is 0.784. The Morgan fingerprint density at radius 3 is 2.48 bits per heavy atom. The van der Waals surface area contributed by atoms with Crippen LogP contribution in [0.4, 0.5) is 0 Å². The second-order valence-corrected chi connectivity index (χ2v) is 8.99. The number of carbonyl (C=O) groups excluding carboxylic acids is 1. The molecule has 0 N–H and O–H groups in total. The topological polar surface area (TPSA) is 104 Å². The SMILES string of the molecule is N#Cc1cccnc1OC1CN(C(=O)c2ccc(S(=O)(=O)N3CCCC3)cc2)C1. The van der Waals surface area contributed by atoms with Gasteiger partial charge in [0.2, 0.25) is 15.9 Å². The highest BCUT2D eigenvalue weighted by Gasteiger charge is 2.34. The molecule has 0 bridgehead atoms. The first-order chi connectivity index (χ1) is 14.0. The number of amides is 1. The minimum Gasteiger partial charge on any atom is -0.470 e. The number of hydrogen-bond acceptors (Lipinski definition) is 6. The van der Waals surface area contributed by atoms with E-state index in [0.29, 0.717) is 37.3 Å². The third kappa shape index (κ3) is 3.81. The van der Waals surface area contributed by atoms with Gasteiger partial charge in [0.1, 0.15) is 17.7 Å². The van der Waals surface area contributed by atoms with E-state index in [1.807, 2.05) is 6.07 Å². The molecule has 1 amide bonds. The van der Waals surface area contributed by atoms with Crippen molar-refractivity contribution in [2.45, 2.75) is 23.8 Å². The maximum absolute atomic E-state index is 12.6. The van der Waals surface area contributed by atoms with Crippen molar-refractivity contribution in [2.75, 3.05) is 26.2 Å². The number of nitriles is 1. The summed E-state index contributed by atoms with van der Waals surface area (Å²) in [7, 11) is -3.49. The van der Waals surface area contributed by atoms with E-state index in [4.69, 9.17) is 10.00 Å². The van der Waals surface area contributed by atoms with Crippen LogP contribution in [0, 0.1) is 11.3 Å². The average Bonchev–Trinajstić information content (AvgIpc) is 3.26. The lowest BCUT2D eigenvalue weighted by Crippen LogP contribution is -2.56. The number of rotatable bonds is 5. The zero-order valence-electron chi connectivity index (χ0n) is 15.7. The summed E-state index contributed by atoms with van der Waals surface area (Å²) >= 11 is 0. The maximum atomic E-state index is 12.6. The Hall–Kier alpha value is -2.96. The van der Waals surface area contributed by atoms with Gasteiger partial charge in [0.05, 0.1) is 18.0 Å². The highest BCUT2D eigenvalue weighted by atomic mass is 32.2. The summed E-state index contributed by atoms with van der Waals surface area (Å²) in [4.78, 5) is 18.5. The van der Waals surface area contributed by atoms with E-state index >= 15 is 0 Å². The Morgan fingerprint density at radius 2 is 1.83 bits per heavy atom. The number of nitrogens with zero attached hydrogens (tertiary/aromatic N) is 4. The van der Waals surface area contributed by atoms with Gasteiger partial charge in [0.25, 0.3) is 5.91 Å². The molecule has 2 aliphatic rings. The minimum atomic E-state index is -3.49. The highest BCUT2D eigenvalue weighted by molar-refractivity contribution is 7.89. The van der Waals surface area contributed by atoms with Crippen LogP contribution < -0.4 is 4.74 Å². The van der Waals surface area contributed by atoms with Gasteiger partial charge >= 0.3 is 0 Å².